The number of rotatable bonds is 6. The quantitative estimate of drug-likeness (QED) is 0.750. The van der Waals surface area contributed by atoms with Gasteiger partial charge in [0.1, 0.15) is 5.75 Å². The van der Waals surface area contributed by atoms with E-state index in [0.29, 0.717) is 11.7 Å². The lowest BCUT2D eigenvalue weighted by Gasteiger charge is -2.11. The highest BCUT2D eigenvalue weighted by Crippen LogP contribution is 2.10. The SMILES string of the molecule is COCC(C)CNCc1cccc(O)c1. The molecule has 2 N–H and O–H groups in total. The van der Waals surface area contributed by atoms with Crippen LogP contribution in [0.15, 0.2) is 24.3 Å². The molecule has 0 aromatic heterocycles. The van der Waals surface area contributed by atoms with Crippen LogP contribution in [0.4, 0.5) is 0 Å². The van der Waals surface area contributed by atoms with Crippen molar-refractivity contribution < 1.29 is 9.84 Å². The monoisotopic (exact) mass is 209 g/mol. The first-order valence-electron chi connectivity index (χ1n) is 5.20. The Bertz CT molecular complexity index is 289. The van der Waals surface area contributed by atoms with Gasteiger partial charge < -0.3 is 15.2 Å². The minimum absolute atomic E-state index is 0.319. The van der Waals surface area contributed by atoms with E-state index in [1.807, 2.05) is 12.1 Å². The third-order valence-corrected chi connectivity index (χ3v) is 2.18. The zero-order valence-corrected chi connectivity index (χ0v) is 9.36. The first-order valence-corrected chi connectivity index (χ1v) is 5.20. The summed E-state index contributed by atoms with van der Waals surface area (Å²) in [5, 5.41) is 12.6. The number of aromatic hydroxyl groups is 1. The van der Waals surface area contributed by atoms with Gasteiger partial charge >= 0.3 is 0 Å². The average Bonchev–Trinajstić information content (AvgIpc) is 2.18. The van der Waals surface area contributed by atoms with Crippen LogP contribution >= 0.6 is 0 Å². The molecule has 84 valence electrons. The predicted molar refractivity (Wildman–Crippen MR) is 60.9 cm³/mol. The summed E-state index contributed by atoms with van der Waals surface area (Å²) in [7, 11) is 1.71. The molecule has 0 fully saturated rings. The summed E-state index contributed by atoms with van der Waals surface area (Å²) < 4.78 is 5.05. The number of benzene rings is 1. The molecule has 15 heavy (non-hydrogen) atoms. The summed E-state index contributed by atoms with van der Waals surface area (Å²) >= 11 is 0. The zero-order chi connectivity index (χ0) is 11.1. The highest BCUT2D eigenvalue weighted by Gasteiger charge is 2.00. The highest BCUT2D eigenvalue weighted by molar-refractivity contribution is 5.26. The van der Waals surface area contributed by atoms with E-state index in [1.54, 1.807) is 19.2 Å². The van der Waals surface area contributed by atoms with E-state index in [2.05, 4.69) is 12.2 Å². The minimum atomic E-state index is 0.319. The minimum Gasteiger partial charge on any atom is -0.508 e. The van der Waals surface area contributed by atoms with Gasteiger partial charge in [0.2, 0.25) is 0 Å². The summed E-state index contributed by atoms with van der Waals surface area (Å²) in [4.78, 5) is 0. The van der Waals surface area contributed by atoms with Crippen molar-refractivity contribution in [1.82, 2.24) is 5.32 Å². The lowest BCUT2D eigenvalue weighted by atomic mass is 10.2. The van der Waals surface area contributed by atoms with Gasteiger partial charge in [-0.25, -0.2) is 0 Å². The number of phenols is 1. The van der Waals surface area contributed by atoms with Crippen LogP contribution < -0.4 is 5.32 Å². The fourth-order valence-corrected chi connectivity index (χ4v) is 1.47. The average molecular weight is 209 g/mol. The van der Waals surface area contributed by atoms with E-state index in [0.717, 1.165) is 25.3 Å². The van der Waals surface area contributed by atoms with E-state index >= 15 is 0 Å². The Hall–Kier alpha value is -1.06. The number of hydrogen-bond donors (Lipinski definition) is 2. The van der Waals surface area contributed by atoms with Gasteiger partial charge in [0, 0.05) is 26.8 Å². The number of ether oxygens (including phenoxy) is 1. The third-order valence-electron chi connectivity index (χ3n) is 2.18. The Balaban J connectivity index is 2.25. The van der Waals surface area contributed by atoms with E-state index in [-0.39, 0.29) is 0 Å². The maximum absolute atomic E-state index is 9.26. The van der Waals surface area contributed by atoms with Crippen molar-refractivity contribution in [2.75, 3.05) is 20.3 Å². The maximum atomic E-state index is 9.26. The van der Waals surface area contributed by atoms with Gasteiger partial charge in [0.05, 0.1) is 0 Å². The molecule has 1 aromatic rings. The first-order chi connectivity index (χ1) is 7.22. The molecule has 0 saturated carbocycles. The molecule has 0 aliphatic rings. The van der Waals surface area contributed by atoms with Crippen LogP contribution in [0, 0.1) is 5.92 Å². The summed E-state index contributed by atoms with van der Waals surface area (Å²) in [5.41, 5.74) is 1.10. The van der Waals surface area contributed by atoms with Gasteiger partial charge in [-0.3, -0.25) is 0 Å². The molecule has 0 spiro atoms. The van der Waals surface area contributed by atoms with Crippen molar-refractivity contribution in [3.63, 3.8) is 0 Å². The lowest BCUT2D eigenvalue weighted by molar-refractivity contribution is 0.158. The Kier molecular flexibility index (Phi) is 5.15. The fraction of sp³-hybridized carbons (Fsp3) is 0.500. The molecule has 0 aliphatic heterocycles. The van der Waals surface area contributed by atoms with Crippen molar-refractivity contribution in [1.29, 1.82) is 0 Å². The standard InChI is InChI=1S/C12H19NO2/c1-10(9-15-2)7-13-8-11-4-3-5-12(14)6-11/h3-6,10,13-14H,7-9H2,1-2H3. The molecule has 0 saturated heterocycles. The van der Waals surface area contributed by atoms with Crippen molar-refractivity contribution in [3.8, 4) is 5.75 Å². The van der Waals surface area contributed by atoms with Crippen LogP contribution in [0.5, 0.6) is 5.75 Å². The largest absolute Gasteiger partial charge is 0.508 e. The molecule has 0 bridgehead atoms. The molecule has 0 radical (unpaired) electrons. The Morgan fingerprint density at radius 2 is 2.27 bits per heavy atom. The van der Waals surface area contributed by atoms with E-state index in [9.17, 15) is 5.11 Å². The van der Waals surface area contributed by atoms with Crippen LogP contribution in [0.25, 0.3) is 0 Å². The molecule has 3 heteroatoms. The number of hydrogen-bond acceptors (Lipinski definition) is 3. The fourth-order valence-electron chi connectivity index (χ4n) is 1.47. The Labute approximate surface area is 91.1 Å². The smallest absolute Gasteiger partial charge is 0.115 e. The second kappa shape index (κ2) is 6.43. The molecular weight excluding hydrogens is 190 g/mol. The van der Waals surface area contributed by atoms with Crippen LogP contribution in [-0.2, 0) is 11.3 Å². The van der Waals surface area contributed by atoms with Gasteiger partial charge in [-0.1, -0.05) is 19.1 Å². The molecule has 1 rings (SSSR count). The highest BCUT2D eigenvalue weighted by atomic mass is 16.5. The normalized spacial score (nSPS) is 12.7. The number of nitrogens with one attached hydrogen (secondary N) is 1. The molecule has 0 heterocycles. The van der Waals surface area contributed by atoms with Gasteiger partial charge in [-0.2, -0.15) is 0 Å². The predicted octanol–water partition coefficient (Wildman–Crippen LogP) is 1.76. The second-order valence-corrected chi connectivity index (χ2v) is 3.86. The number of methoxy groups -OCH3 is 1. The van der Waals surface area contributed by atoms with E-state index in [4.69, 9.17) is 4.74 Å². The zero-order valence-electron chi connectivity index (χ0n) is 9.36. The topological polar surface area (TPSA) is 41.5 Å². The van der Waals surface area contributed by atoms with Gasteiger partial charge in [-0.15, -0.1) is 0 Å². The van der Waals surface area contributed by atoms with Gasteiger partial charge in [0.15, 0.2) is 0 Å². The molecular formula is C12H19NO2. The Morgan fingerprint density at radius 3 is 2.93 bits per heavy atom. The number of phenolic OH excluding ortho intramolecular Hbond substituents is 1. The van der Waals surface area contributed by atoms with E-state index < -0.39 is 0 Å². The Morgan fingerprint density at radius 1 is 1.47 bits per heavy atom. The van der Waals surface area contributed by atoms with Crippen molar-refractivity contribution in [2.24, 2.45) is 5.92 Å². The van der Waals surface area contributed by atoms with Crippen molar-refractivity contribution in [3.05, 3.63) is 29.8 Å². The molecule has 0 aliphatic carbocycles. The summed E-state index contributed by atoms with van der Waals surface area (Å²) in [6, 6.07) is 7.30. The molecule has 1 atom stereocenters. The molecule has 0 amide bonds. The maximum Gasteiger partial charge on any atom is 0.115 e. The van der Waals surface area contributed by atoms with Crippen LogP contribution in [0.3, 0.4) is 0 Å². The second-order valence-electron chi connectivity index (χ2n) is 3.86. The van der Waals surface area contributed by atoms with Crippen LogP contribution in [-0.4, -0.2) is 25.4 Å². The molecule has 3 nitrogen and oxygen atoms in total. The summed E-state index contributed by atoms with van der Waals surface area (Å²) in [6.45, 7) is 4.61. The first kappa shape index (κ1) is 12.0. The van der Waals surface area contributed by atoms with Crippen molar-refractivity contribution in [2.45, 2.75) is 13.5 Å². The van der Waals surface area contributed by atoms with Gasteiger partial charge in [0.25, 0.3) is 0 Å². The summed E-state index contributed by atoms with van der Waals surface area (Å²) in [6.07, 6.45) is 0. The van der Waals surface area contributed by atoms with Crippen LogP contribution in [0.1, 0.15) is 12.5 Å². The van der Waals surface area contributed by atoms with Crippen molar-refractivity contribution >= 4 is 0 Å². The van der Waals surface area contributed by atoms with E-state index in [1.165, 1.54) is 0 Å². The van der Waals surface area contributed by atoms with Gasteiger partial charge in [-0.05, 0) is 23.6 Å². The summed E-state index contributed by atoms with van der Waals surface area (Å²) in [5.74, 6) is 0.826. The van der Waals surface area contributed by atoms with Crippen LogP contribution in [0.2, 0.25) is 0 Å². The third kappa shape index (κ3) is 4.81. The molecule has 1 aromatic carbocycles. The molecule has 1 unspecified atom stereocenters. The lowest BCUT2D eigenvalue weighted by Crippen LogP contribution is -2.23.